The second kappa shape index (κ2) is 5.46. The Morgan fingerprint density at radius 2 is 2.06 bits per heavy atom. The lowest BCUT2D eigenvalue weighted by Gasteiger charge is -2.16. The van der Waals surface area contributed by atoms with Crippen LogP contribution in [-0.4, -0.2) is 49.0 Å². The Bertz CT molecular complexity index is 485. The molecule has 96 valence electrons. The first-order valence-corrected chi connectivity index (χ1v) is 7.36. The molecule has 0 saturated heterocycles. The predicted molar refractivity (Wildman–Crippen MR) is 66.7 cm³/mol. The Kier molecular flexibility index (Phi) is 4.47. The molecule has 5 nitrogen and oxygen atoms in total. The van der Waals surface area contributed by atoms with Gasteiger partial charge in [-0.1, -0.05) is 0 Å². The Morgan fingerprint density at radius 3 is 2.65 bits per heavy atom. The van der Waals surface area contributed by atoms with Crippen LogP contribution in [0.2, 0.25) is 0 Å². The number of rotatable bonds is 5. The van der Waals surface area contributed by atoms with Crippen LogP contribution in [0, 0.1) is 6.92 Å². The number of nitrogens with zero attached hydrogens (tertiary/aromatic N) is 2. The lowest BCUT2D eigenvalue weighted by molar-refractivity contribution is 0.332. The maximum atomic E-state index is 11.0. The Balaban J connectivity index is 2.62. The summed E-state index contributed by atoms with van der Waals surface area (Å²) in [6.07, 6.45) is 1.21. The van der Waals surface area contributed by atoms with Crippen molar-refractivity contribution in [1.82, 2.24) is 9.88 Å². The van der Waals surface area contributed by atoms with Gasteiger partial charge >= 0.3 is 0 Å². The molecule has 17 heavy (non-hydrogen) atoms. The molecule has 0 amide bonds. The standard InChI is InChI=1S/C11H18N2O3S/c1-9-4-5-11(14)10(12-9)8-13(2)6-7-17(3,15)16/h4-5,14H,6-8H2,1-3H3. The van der Waals surface area contributed by atoms with Gasteiger partial charge in [-0.15, -0.1) is 0 Å². The van der Waals surface area contributed by atoms with Gasteiger partial charge in [-0.3, -0.25) is 9.88 Å². The number of hydrogen-bond donors (Lipinski definition) is 1. The van der Waals surface area contributed by atoms with Gasteiger partial charge in [0, 0.05) is 25.0 Å². The van der Waals surface area contributed by atoms with Gasteiger partial charge in [-0.25, -0.2) is 8.42 Å². The van der Waals surface area contributed by atoms with Crippen LogP contribution in [0.25, 0.3) is 0 Å². The molecule has 0 aliphatic heterocycles. The molecule has 0 aliphatic rings. The minimum atomic E-state index is -2.95. The summed E-state index contributed by atoms with van der Waals surface area (Å²) in [5.41, 5.74) is 1.40. The Labute approximate surface area is 102 Å². The third-order valence-electron chi connectivity index (χ3n) is 2.35. The Morgan fingerprint density at radius 1 is 1.41 bits per heavy atom. The van der Waals surface area contributed by atoms with E-state index in [1.54, 1.807) is 19.2 Å². The molecule has 1 aromatic rings. The largest absolute Gasteiger partial charge is 0.506 e. The van der Waals surface area contributed by atoms with Gasteiger partial charge in [0.15, 0.2) is 0 Å². The van der Waals surface area contributed by atoms with Gasteiger partial charge in [-0.05, 0) is 26.1 Å². The summed E-state index contributed by atoms with van der Waals surface area (Å²) < 4.78 is 22.0. The zero-order chi connectivity index (χ0) is 13.1. The smallest absolute Gasteiger partial charge is 0.148 e. The first kappa shape index (κ1) is 13.9. The molecule has 0 radical (unpaired) electrons. The van der Waals surface area contributed by atoms with E-state index in [2.05, 4.69) is 4.98 Å². The van der Waals surface area contributed by atoms with E-state index >= 15 is 0 Å². The molecule has 6 heteroatoms. The van der Waals surface area contributed by atoms with Crippen LogP contribution in [0.3, 0.4) is 0 Å². The first-order chi connectivity index (χ1) is 7.78. The fraction of sp³-hybridized carbons (Fsp3) is 0.545. The second-order valence-electron chi connectivity index (χ2n) is 4.29. The summed E-state index contributed by atoms with van der Waals surface area (Å²) >= 11 is 0. The molecular weight excluding hydrogens is 240 g/mol. The summed E-state index contributed by atoms with van der Waals surface area (Å²) in [6, 6.07) is 3.33. The highest BCUT2D eigenvalue weighted by atomic mass is 32.2. The molecule has 0 aliphatic carbocycles. The molecule has 0 unspecified atom stereocenters. The van der Waals surface area contributed by atoms with Crippen molar-refractivity contribution in [2.24, 2.45) is 0 Å². The van der Waals surface area contributed by atoms with E-state index < -0.39 is 9.84 Å². The molecule has 1 heterocycles. The monoisotopic (exact) mass is 258 g/mol. The van der Waals surface area contributed by atoms with Crippen molar-refractivity contribution in [3.8, 4) is 5.75 Å². The van der Waals surface area contributed by atoms with Crippen LogP contribution in [0.4, 0.5) is 0 Å². The number of pyridine rings is 1. The average molecular weight is 258 g/mol. The molecule has 0 spiro atoms. The fourth-order valence-electron chi connectivity index (χ4n) is 1.38. The van der Waals surface area contributed by atoms with Crippen LogP contribution in [0.1, 0.15) is 11.4 Å². The van der Waals surface area contributed by atoms with Gasteiger partial charge < -0.3 is 5.11 Å². The van der Waals surface area contributed by atoms with Gasteiger partial charge in [-0.2, -0.15) is 0 Å². The van der Waals surface area contributed by atoms with Crippen molar-refractivity contribution in [2.75, 3.05) is 25.6 Å². The summed E-state index contributed by atoms with van der Waals surface area (Å²) in [5, 5.41) is 9.60. The van der Waals surface area contributed by atoms with Gasteiger partial charge in [0.1, 0.15) is 15.6 Å². The van der Waals surface area contributed by atoms with Crippen LogP contribution in [0.5, 0.6) is 5.75 Å². The summed E-state index contributed by atoms with van der Waals surface area (Å²) in [7, 11) is -1.15. The molecule has 0 fully saturated rings. The lowest BCUT2D eigenvalue weighted by atomic mass is 10.2. The van der Waals surface area contributed by atoms with E-state index in [0.717, 1.165) is 5.69 Å². The van der Waals surface area contributed by atoms with Crippen LogP contribution in [-0.2, 0) is 16.4 Å². The summed E-state index contributed by atoms with van der Waals surface area (Å²) in [4.78, 5) is 6.04. The highest BCUT2D eigenvalue weighted by molar-refractivity contribution is 7.90. The summed E-state index contributed by atoms with van der Waals surface area (Å²) in [5.74, 6) is 0.248. The van der Waals surface area contributed by atoms with E-state index in [-0.39, 0.29) is 11.5 Å². The zero-order valence-electron chi connectivity index (χ0n) is 10.3. The van der Waals surface area contributed by atoms with Crippen LogP contribution < -0.4 is 0 Å². The highest BCUT2D eigenvalue weighted by Gasteiger charge is 2.09. The molecule has 1 N–H and O–H groups in total. The number of aromatic nitrogens is 1. The van der Waals surface area contributed by atoms with Crippen LogP contribution >= 0.6 is 0 Å². The van der Waals surface area contributed by atoms with Gasteiger partial charge in [0.05, 0.1) is 11.4 Å². The second-order valence-corrected chi connectivity index (χ2v) is 6.55. The van der Waals surface area contributed by atoms with E-state index in [1.807, 2.05) is 11.8 Å². The third-order valence-corrected chi connectivity index (χ3v) is 3.28. The predicted octanol–water partition coefficient (Wildman–Crippen LogP) is 0.572. The van der Waals surface area contributed by atoms with Crippen molar-refractivity contribution in [2.45, 2.75) is 13.5 Å². The van der Waals surface area contributed by atoms with Crippen molar-refractivity contribution in [1.29, 1.82) is 0 Å². The van der Waals surface area contributed by atoms with E-state index in [4.69, 9.17) is 0 Å². The topological polar surface area (TPSA) is 70.5 Å². The average Bonchev–Trinajstić information content (AvgIpc) is 2.20. The van der Waals surface area contributed by atoms with Crippen LogP contribution in [0.15, 0.2) is 12.1 Å². The SMILES string of the molecule is Cc1ccc(O)c(CN(C)CCS(C)(=O)=O)n1. The van der Waals surface area contributed by atoms with Crippen molar-refractivity contribution >= 4 is 9.84 Å². The summed E-state index contributed by atoms with van der Waals surface area (Å²) in [6.45, 7) is 2.70. The fourth-order valence-corrected chi connectivity index (χ4v) is 2.02. The number of sulfone groups is 1. The van der Waals surface area contributed by atoms with Crippen molar-refractivity contribution < 1.29 is 13.5 Å². The molecule has 0 aromatic carbocycles. The first-order valence-electron chi connectivity index (χ1n) is 5.29. The van der Waals surface area contributed by atoms with E-state index in [1.165, 1.54) is 6.26 Å². The zero-order valence-corrected chi connectivity index (χ0v) is 11.2. The normalized spacial score (nSPS) is 12.0. The third kappa shape index (κ3) is 5.14. The minimum absolute atomic E-state index is 0.107. The van der Waals surface area contributed by atoms with Crippen molar-refractivity contribution in [3.05, 3.63) is 23.5 Å². The van der Waals surface area contributed by atoms with E-state index in [0.29, 0.717) is 18.8 Å². The molecule has 1 rings (SSSR count). The minimum Gasteiger partial charge on any atom is -0.506 e. The van der Waals surface area contributed by atoms with Gasteiger partial charge in [0.25, 0.3) is 0 Å². The maximum absolute atomic E-state index is 11.0. The quantitative estimate of drug-likeness (QED) is 0.836. The number of hydrogen-bond acceptors (Lipinski definition) is 5. The van der Waals surface area contributed by atoms with Gasteiger partial charge in [0.2, 0.25) is 0 Å². The molecule has 1 aromatic heterocycles. The molecular formula is C11H18N2O3S. The molecule has 0 bridgehead atoms. The maximum Gasteiger partial charge on any atom is 0.148 e. The Hall–Kier alpha value is -1.14. The molecule has 0 saturated carbocycles. The van der Waals surface area contributed by atoms with E-state index in [9.17, 15) is 13.5 Å². The number of aryl methyl sites for hydroxylation is 1. The molecule has 0 atom stereocenters. The van der Waals surface area contributed by atoms with Crippen molar-refractivity contribution in [3.63, 3.8) is 0 Å². The lowest BCUT2D eigenvalue weighted by Crippen LogP contribution is -2.25. The number of aromatic hydroxyl groups is 1. The highest BCUT2D eigenvalue weighted by Crippen LogP contribution is 2.15.